The molecule has 1 aliphatic rings. The number of para-hydroxylation sites is 1. The zero-order chi connectivity index (χ0) is 25.0. The van der Waals surface area contributed by atoms with Crippen LogP contribution < -0.4 is 5.32 Å². The Morgan fingerprint density at radius 2 is 1.56 bits per heavy atom. The number of anilines is 1. The molecule has 0 radical (unpaired) electrons. The van der Waals surface area contributed by atoms with E-state index in [4.69, 9.17) is 0 Å². The molecule has 2 aromatic carbocycles. The molecule has 182 valence electrons. The molecule has 1 aliphatic heterocycles. The highest BCUT2D eigenvalue weighted by atomic mass is 32.2. The highest BCUT2D eigenvalue weighted by molar-refractivity contribution is 7.89. The van der Waals surface area contributed by atoms with E-state index in [0.29, 0.717) is 18.8 Å². The van der Waals surface area contributed by atoms with E-state index in [2.05, 4.69) is 5.32 Å². The van der Waals surface area contributed by atoms with Crippen molar-refractivity contribution in [1.29, 1.82) is 0 Å². The molecule has 0 saturated carbocycles. The van der Waals surface area contributed by atoms with E-state index in [0.717, 1.165) is 11.1 Å². The zero-order valence-electron chi connectivity index (χ0n) is 19.9. The number of carbonyl (C=O) groups excluding carboxylic acids is 3. The molecule has 10 heteroatoms. The molecule has 3 amide bonds. The number of nitrogens with zero attached hydrogens (tertiary/aromatic N) is 3. The van der Waals surface area contributed by atoms with Crippen molar-refractivity contribution in [2.45, 2.75) is 25.7 Å². The molecule has 1 N–H and O–H groups in total. The summed E-state index contributed by atoms with van der Waals surface area (Å²) in [6.45, 7) is 6.09. The van der Waals surface area contributed by atoms with Gasteiger partial charge in [-0.05, 0) is 43.2 Å². The van der Waals surface area contributed by atoms with Crippen LogP contribution in [-0.2, 0) is 19.6 Å². The van der Waals surface area contributed by atoms with Crippen molar-refractivity contribution >= 4 is 33.4 Å². The molecule has 1 fully saturated rings. The van der Waals surface area contributed by atoms with E-state index in [-0.39, 0.29) is 41.9 Å². The molecule has 0 spiro atoms. The first-order chi connectivity index (χ1) is 16.0. The van der Waals surface area contributed by atoms with Crippen molar-refractivity contribution in [2.24, 2.45) is 0 Å². The van der Waals surface area contributed by atoms with E-state index >= 15 is 0 Å². The lowest BCUT2D eigenvalue weighted by atomic mass is 10.1. The lowest BCUT2D eigenvalue weighted by molar-refractivity contribution is -0.130. The van der Waals surface area contributed by atoms with Gasteiger partial charge in [0.15, 0.2) is 0 Å². The topological polar surface area (TPSA) is 107 Å². The summed E-state index contributed by atoms with van der Waals surface area (Å²) in [6, 6.07) is 11.5. The number of hydrogen-bond donors (Lipinski definition) is 1. The maximum Gasteiger partial charge on any atom is 0.254 e. The standard InChI is InChI=1S/C24H30N4O5S/c1-17-7-5-8-18(2)23(17)25-22(30)16-26(4)24(31)20-9-6-10-21(15-20)34(32,33)28-13-11-27(12-14-28)19(3)29/h5-10,15H,11-14,16H2,1-4H3,(H,25,30). The third-order valence-corrected chi connectivity index (χ3v) is 7.77. The molecule has 9 nitrogen and oxygen atoms in total. The van der Waals surface area contributed by atoms with Crippen LogP contribution >= 0.6 is 0 Å². The van der Waals surface area contributed by atoms with Crippen LogP contribution in [0.3, 0.4) is 0 Å². The van der Waals surface area contributed by atoms with Crippen LogP contribution in [0.5, 0.6) is 0 Å². The fraction of sp³-hybridized carbons (Fsp3) is 0.375. The first-order valence-electron chi connectivity index (χ1n) is 11.0. The van der Waals surface area contributed by atoms with Crippen LogP contribution in [0.4, 0.5) is 5.69 Å². The average molecular weight is 487 g/mol. The molecule has 1 heterocycles. The summed E-state index contributed by atoms with van der Waals surface area (Å²) >= 11 is 0. The molecule has 3 rings (SSSR count). The zero-order valence-corrected chi connectivity index (χ0v) is 20.7. The molecule has 0 bridgehead atoms. The first-order valence-corrected chi connectivity index (χ1v) is 12.4. The summed E-state index contributed by atoms with van der Waals surface area (Å²) in [4.78, 5) is 39.8. The predicted molar refractivity (Wildman–Crippen MR) is 129 cm³/mol. The number of sulfonamides is 1. The van der Waals surface area contributed by atoms with Gasteiger partial charge in [0, 0.05) is 51.4 Å². The monoisotopic (exact) mass is 486 g/mol. The second kappa shape index (κ2) is 10.4. The van der Waals surface area contributed by atoms with Crippen molar-refractivity contribution in [1.82, 2.24) is 14.1 Å². The summed E-state index contributed by atoms with van der Waals surface area (Å²) < 4.78 is 27.5. The van der Waals surface area contributed by atoms with Gasteiger partial charge in [-0.15, -0.1) is 0 Å². The quantitative estimate of drug-likeness (QED) is 0.671. The first kappa shape index (κ1) is 25.4. The summed E-state index contributed by atoms with van der Waals surface area (Å²) in [5.41, 5.74) is 2.73. The minimum Gasteiger partial charge on any atom is -0.340 e. The van der Waals surface area contributed by atoms with Gasteiger partial charge in [-0.3, -0.25) is 14.4 Å². The van der Waals surface area contributed by atoms with E-state index < -0.39 is 15.9 Å². The van der Waals surface area contributed by atoms with E-state index in [9.17, 15) is 22.8 Å². The molecule has 0 aromatic heterocycles. The fourth-order valence-corrected chi connectivity index (χ4v) is 5.35. The normalized spacial score (nSPS) is 14.5. The van der Waals surface area contributed by atoms with Gasteiger partial charge in [-0.25, -0.2) is 8.42 Å². The summed E-state index contributed by atoms with van der Waals surface area (Å²) in [5.74, 6) is -0.898. The van der Waals surface area contributed by atoms with Crippen molar-refractivity contribution < 1.29 is 22.8 Å². The van der Waals surface area contributed by atoms with Gasteiger partial charge < -0.3 is 15.1 Å². The number of rotatable bonds is 6. The number of aryl methyl sites for hydroxylation is 2. The molecule has 34 heavy (non-hydrogen) atoms. The van der Waals surface area contributed by atoms with Gasteiger partial charge >= 0.3 is 0 Å². The SMILES string of the molecule is CC(=O)N1CCN(S(=O)(=O)c2cccc(C(=O)N(C)CC(=O)Nc3c(C)cccc3C)c2)CC1. The molecule has 2 aromatic rings. The molecular formula is C24H30N4O5S. The Kier molecular flexibility index (Phi) is 7.73. The molecule has 1 saturated heterocycles. The van der Waals surface area contributed by atoms with Gasteiger partial charge in [0.25, 0.3) is 5.91 Å². The lowest BCUT2D eigenvalue weighted by Crippen LogP contribution is -2.49. The van der Waals surface area contributed by atoms with Crippen LogP contribution in [0, 0.1) is 13.8 Å². The third-order valence-electron chi connectivity index (χ3n) is 5.88. The smallest absolute Gasteiger partial charge is 0.254 e. The Morgan fingerprint density at radius 3 is 2.15 bits per heavy atom. The highest BCUT2D eigenvalue weighted by Gasteiger charge is 2.30. The molecule has 0 unspecified atom stereocenters. The lowest BCUT2D eigenvalue weighted by Gasteiger charge is -2.33. The van der Waals surface area contributed by atoms with Gasteiger partial charge in [0.05, 0.1) is 11.4 Å². The maximum atomic E-state index is 13.1. The van der Waals surface area contributed by atoms with Crippen molar-refractivity contribution in [3.8, 4) is 0 Å². The van der Waals surface area contributed by atoms with E-state index in [1.54, 1.807) is 4.90 Å². The van der Waals surface area contributed by atoms with Crippen molar-refractivity contribution in [3.05, 3.63) is 59.2 Å². The van der Waals surface area contributed by atoms with Crippen LogP contribution in [-0.4, -0.2) is 80.0 Å². The highest BCUT2D eigenvalue weighted by Crippen LogP contribution is 2.21. The average Bonchev–Trinajstić information content (AvgIpc) is 2.81. The van der Waals surface area contributed by atoms with Crippen molar-refractivity contribution in [2.75, 3.05) is 45.1 Å². The number of piperazine rings is 1. The minimum absolute atomic E-state index is 0.00279. The van der Waals surface area contributed by atoms with Gasteiger partial charge in [0.2, 0.25) is 21.8 Å². The fourth-order valence-electron chi connectivity index (χ4n) is 3.88. The molecule has 0 atom stereocenters. The number of carbonyl (C=O) groups is 3. The number of benzene rings is 2. The third kappa shape index (κ3) is 5.63. The van der Waals surface area contributed by atoms with Crippen LogP contribution in [0.15, 0.2) is 47.4 Å². The van der Waals surface area contributed by atoms with Crippen LogP contribution in [0.25, 0.3) is 0 Å². The van der Waals surface area contributed by atoms with E-state index in [1.165, 1.54) is 47.4 Å². The van der Waals surface area contributed by atoms with Gasteiger partial charge in [0.1, 0.15) is 0 Å². The number of nitrogens with one attached hydrogen (secondary N) is 1. The largest absolute Gasteiger partial charge is 0.340 e. The number of amides is 3. The van der Waals surface area contributed by atoms with Crippen LogP contribution in [0.2, 0.25) is 0 Å². The number of likely N-dealkylation sites (N-methyl/N-ethyl adjacent to an activating group) is 1. The number of hydrogen-bond acceptors (Lipinski definition) is 5. The van der Waals surface area contributed by atoms with Crippen LogP contribution in [0.1, 0.15) is 28.4 Å². The second-order valence-electron chi connectivity index (χ2n) is 8.41. The van der Waals surface area contributed by atoms with Crippen molar-refractivity contribution in [3.63, 3.8) is 0 Å². The Hall–Kier alpha value is -3.24. The molecule has 0 aliphatic carbocycles. The van der Waals surface area contributed by atoms with Gasteiger partial charge in [-0.1, -0.05) is 24.3 Å². The Bertz CT molecular complexity index is 1180. The summed E-state index contributed by atoms with van der Waals surface area (Å²) in [7, 11) is -2.33. The van der Waals surface area contributed by atoms with Gasteiger partial charge in [-0.2, -0.15) is 4.31 Å². The molecular weight excluding hydrogens is 456 g/mol. The van der Waals surface area contributed by atoms with E-state index in [1.807, 2.05) is 32.0 Å². The predicted octanol–water partition coefficient (Wildman–Crippen LogP) is 1.87. The minimum atomic E-state index is -3.82. The maximum absolute atomic E-state index is 13.1. The Labute approximate surface area is 200 Å². The summed E-state index contributed by atoms with van der Waals surface area (Å²) in [6.07, 6.45) is 0. The second-order valence-corrected chi connectivity index (χ2v) is 10.4. The Balaban J connectivity index is 1.69. The summed E-state index contributed by atoms with van der Waals surface area (Å²) in [5, 5.41) is 2.84. The Morgan fingerprint density at radius 1 is 0.971 bits per heavy atom.